The molecule has 0 radical (unpaired) electrons. The maximum atomic E-state index is 4.79. The summed E-state index contributed by atoms with van der Waals surface area (Å²) in [7, 11) is 2.10. The van der Waals surface area contributed by atoms with Crippen LogP contribution in [0.15, 0.2) is 48.9 Å². The highest BCUT2D eigenvalue weighted by molar-refractivity contribution is 5.84. The van der Waals surface area contributed by atoms with Crippen LogP contribution in [0.5, 0.6) is 0 Å². The van der Waals surface area contributed by atoms with Gasteiger partial charge >= 0.3 is 0 Å². The fourth-order valence-electron chi connectivity index (χ4n) is 3.72. The number of aromatic nitrogens is 5. The van der Waals surface area contributed by atoms with Crippen molar-refractivity contribution in [2.24, 2.45) is 0 Å². The molecule has 0 atom stereocenters. The first-order valence-electron chi connectivity index (χ1n) is 9.29. The van der Waals surface area contributed by atoms with Crippen molar-refractivity contribution in [3.8, 4) is 11.1 Å². The number of fused-ring (bicyclic) bond motifs is 2. The molecule has 0 amide bonds. The van der Waals surface area contributed by atoms with Gasteiger partial charge in [0, 0.05) is 36.4 Å². The van der Waals surface area contributed by atoms with E-state index in [1.807, 2.05) is 18.5 Å². The molecule has 1 aromatic carbocycles. The number of nitrogens with one attached hydrogen (secondary N) is 1. The molecule has 5 rings (SSSR count). The van der Waals surface area contributed by atoms with E-state index in [9.17, 15) is 0 Å². The Balaban J connectivity index is 1.47. The summed E-state index contributed by atoms with van der Waals surface area (Å²) in [6, 6.07) is 10.9. The lowest BCUT2D eigenvalue weighted by Gasteiger charge is -2.31. The first-order valence-corrected chi connectivity index (χ1v) is 9.29. The van der Waals surface area contributed by atoms with Crippen molar-refractivity contribution < 1.29 is 0 Å². The second kappa shape index (κ2) is 6.59. The smallest absolute Gasteiger partial charge is 0.225 e. The molecule has 1 saturated heterocycles. The molecule has 4 heterocycles. The Morgan fingerprint density at radius 3 is 2.81 bits per heavy atom. The maximum absolute atomic E-state index is 4.79. The predicted molar refractivity (Wildman–Crippen MR) is 106 cm³/mol. The number of nitrogens with zero attached hydrogens (tertiary/aromatic N) is 6. The highest BCUT2D eigenvalue weighted by atomic mass is 15.4. The van der Waals surface area contributed by atoms with Crippen molar-refractivity contribution in [2.75, 3.05) is 25.0 Å². The molecule has 7 heteroatoms. The zero-order valence-electron chi connectivity index (χ0n) is 15.2. The Morgan fingerprint density at radius 2 is 1.93 bits per heavy atom. The van der Waals surface area contributed by atoms with Crippen LogP contribution >= 0.6 is 0 Å². The summed E-state index contributed by atoms with van der Waals surface area (Å²) >= 11 is 0. The zero-order chi connectivity index (χ0) is 18.2. The van der Waals surface area contributed by atoms with Crippen molar-refractivity contribution in [3.63, 3.8) is 0 Å². The Labute approximate surface area is 157 Å². The largest absolute Gasteiger partial charge is 0.341 e. The topological polar surface area (TPSA) is 71.2 Å². The number of pyridine rings is 1. The van der Waals surface area contributed by atoms with E-state index < -0.39 is 0 Å². The maximum Gasteiger partial charge on any atom is 0.225 e. The summed E-state index contributed by atoms with van der Waals surface area (Å²) < 4.78 is 1.78. The van der Waals surface area contributed by atoms with E-state index in [-0.39, 0.29) is 0 Å². The van der Waals surface area contributed by atoms with Gasteiger partial charge in [-0.3, -0.25) is 0 Å². The highest BCUT2D eigenvalue weighted by Gasteiger charge is 2.20. The molecule has 1 aliphatic heterocycles. The number of anilines is 1. The van der Waals surface area contributed by atoms with E-state index in [0.717, 1.165) is 59.4 Å². The molecule has 0 aliphatic carbocycles. The van der Waals surface area contributed by atoms with E-state index in [0.29, 0.717) is 6.04 Å². The minimum atomic E-state index is 0.498. The minimum absolute atomic E-state index is 0.498. The number of benzene rings is 1. The molecule has 0 bridgehead atoms. The summed E-state index contributed by atoms with van der Waals surface area (Å²) in [5.74, 6) is 0.797. The SMILES string of the molecule is CN(c1ncc2cc(-c3ccc4cnnn4c3)ccc2n1)C1CCNCC1. The first-order chi connectivity index (χ1) is 13.3. The fourth-order valence-corrected chi connectivity index (χ4v) is 3.72. The molecule has 27 heavy (non-hydrogen) atoms. The molecule has 0 spiro atoms. The lowest BCUT2D eigenvalue weighted by atomic mass is 10.1. The Kier molecular flexibility index (Phi) is 3.94. The lowest BCUT2D eigenvalue weighted by Crippen LogP contribution is -2.41. The quantitative estimate of drug-likeness (QED) is 0.606. The molecular weight excluding hydrogens is 338 g/mol. The first kappa shape index (κ1) is 16.1. The van der Waals surface area contributed by atoms with Crippen LogP contribution < -0.4 is 10.2 Å². The average molecular weight is 359 g/mol. The van der Waals surface area contributed by atoms with E-state index in [4.69, 9.17) is 4.98 Å². The van der Waals surface area contributed by atoms with Gasteiger partial charge in [0.05, 0.1) is 17.2 Å². The van der Waals surface area contributed by atoms with Crippen molar-refractivity contribution >= 4 is 22.4 Å². The van der Waals surface area contributed by atoms with Gasteiger partial charge in [-0.05, 0) is 49.7 Å². The summed E-state index contributed by atoms with van der Waals surface area (Å²) in [4.78, 5) is 11.6. The van der Waals surface area contributed by atoms with Crippen LogP contribution in [0.1, 0.15) is 12.8 Å². The molecule has 1 aliphatic rings. The molecule has 0 unspecified atom stereocenters. The highest BCUT2D eigenvalue weighted by Crippen LogP contribution is 2.25. The molecule has 4 aromatic rings. The van der Waals surface area contributed by atoms with Gasteiger partial charge < -0.3 is 10.2 Å². The van der Waals surface area contributed by atoms with Crippen LogP contribution in [-0.2, 0) is 0 Å². The predicted octanol–water partition coefficient (Wildman–Crippen LogP) is 2.53. The third-order valence-corrected chi connectivity index (χ3v) is 5.37. The number of piperidine rings is 1. The summed E-state index contributed by atoms with van der Waals surface area (Å²) in [6.07, 6.45) is 7.91. The van der Waals surface area contributed by atoms with Gasteiger partial charge in [0.2, 0.25) is 5.95 Å². The van der Waals surface area contributed by atoms with Crippen LogP contribution in [0.2, 0.25) is 0 Å². The van der Waals surface area contributed by atoms with Crippen molar-refractivity contribution in [3.05, 3.63) is 48.9 Å². The van der Waals surface area contributed by atoms with Crippen molar-refractivity contribution in [1.82, 2.24) is 30.1 Å². The second-order valence-electron chi connectivity index (χ2n) is 7.06. The van der Waals surface area contributed by atoms with E-state index >= 15 is 0 Å². The molecule has 7 nitrogen and oxygen atoms in total. The fraction of sp³-hybridized carbons (Fsp3) is 0.300. The summed E-state index contributed by atoms with van der Waals surface area (Å²) in [5.41, 5.74) is 4.15. The van der Waals surface area contributed by atoms with E-state index in [1.54, 1.807) is 10.7 Å². The van der Waals surface area contributed by atoms with Crippen molar-refractivity contribution in [2.45, 2.75) is 18.9 Å². The van der Waals surface area contributed by atoms with Gasteiger partial charge in [-0.2, -0.15) is 0 Å². The summed E-state index contributed by atoms with van der Waals surface area (Å²) in [6.45, 7) is 2.12. The van der Waals surface area contributed by atoms with Crippen LogP contribution in [0.4, 0.5) is 5.95 Å². The Morgan fingerprint density at radius 1 is 1.07 bits per heavy atom. The van der Waals surface area contributed by atoms with Gasteiger partial charge in [0.25, 0.3) is 0 Å². The van der Waals surface area contributed by atoms with E-state index in [1.165, 1.54) is 0 Å². The standard InChI is InChI=1S/C20H21N7/c1-26(17-6-8-21-9-7-17)20-22-11-16-10-14(3-5-19(16)24-20)15-2-4-18-12-23-25-27(18)13-15/h2-5,10-13,17,21H,6-9H2,1H3. The lowest BCUT2D eigenvalue weighted by molar-refractivity contribution is 0.440. The number of rotatable bonds is 3. The van der Waals surface area contributed by atoms with E-state index in [2.05, 4.69) is 56.8 Å². The minimum Gasteiger partial charge on any atom is -0.341 e. The third kappa shape index (κ3) is 3.00. The van der Waals surface area contributed by atoms with Crippen LogP contribution in [-0.4, -0.2) is 51.0 Å². The van der Waals surface area contributed by atoms with Gasteiger partial charge in [-0.15, -0.1) is 5.10 Å². The Bertz CT molecular complexity index is 1100. The monoisotopic (exact) mass is 359 g/mol. The van der Waals surface area contributed by atoms with Crippen LogP contribution in [0.3, 0.4) is 0 Å². The van der Waals surface area contributed by atoms with Gasteiger partial charge in [0.1, 0.15) is 0 Å². The third-order valence-electron chi connectivity index (χ3n) is 5.37. The molecule has 3 aromatic heterocycles. The van der Waals surface area contributed by atoms with Gasteiger partial charge in [0.15, 0.2) is 0 Å². The van der Waals surface area contributed by atoms with Crippen LogP contribution in [0.25, 0.3) is 27.5 Å². The zero-order valence-corrected chi connectivity index (χ0v) is 15.2. The van der Waals surface area contributed by atoms with Crippen molar-refractivity contribution in [1.29, 1.82) is 0 Å². The number of hydrogen-bond donors (Lipinski definition) is 1. The van der Waals surface area contributed by atoms with Crippen LogP contribution in [0, 0.1) is 0 Å². The second-order valence-corrected chi connectivity index (χ2v) is 7.06. The normalized spacial score (nSPS) is 15.4. The summed E-state index contributed by atoms with van der Waals surface area (Å²) in [5, 5.41) is 12.4. The Hall–Kier alpha value is -3.06. The molecule has 136 valence electrons. The molecule has 1 fully saturated rings. The molecule has 0 saturated carbocycles. The average Bonchev–Trinajstić information content (AvgIpc) is 3.21. The van der Waals surface area contributed by atoms with Gasteiger partial charge in [-0.25, -0.2) is 14.5 Å². The number of hydrogen-bond acceptors (Lipinski definition) is 6. The molecule has 1 N–H and O–H groups in total. The van der Waals surface area contributed by atoms with Gasteiger partial charge in [-0.1, -0.05) is 17.3 Å². The molecular formula is C20H21N7.